The van der Waals surface area contributed by atoms with Gasteiger partial charge in [0, 0.05) is 22.6 Å². The molecule has 1 fully saturated rings. The molecule has 2 rings (SSSR count). The monoisotopic (exact) mass is 345 g/mol. The minimum Gasteiger partial charge on any atom is -0.481 e. The number of carboxylic acids is 1. The van der Waals surface area contributed by atoms with E-state index >= 15 is 0 Å². The maximum absolute atomic E-state index is 12.3. The highest BCUT2D eigenvalue weighted by Gasteiger charge is 2.28. The number of nitrogens with zero attached hydrogens (tertiary/aromatic N) is 1. The van der Waals surface area contributed by atoms with E-state index in [-0.39, 0.29) is 11.8 Å². The lowest BCUT2D eigenvalue weighted by molar-refractivity contribution is -0.143. The van der Waals surface area contributed by atoms with Gasteiger partial charge in [0.15, 0.2) is 0 Å². The molecule has 1 aromatic carbocycles. The van der Waals surface area contributed by atoms with Gasteiger partial charge < -0.3 is 10.0 Å². The number of aliphatic carboxylic acids is 1. The highest BCUT2D eigenvalue weighted by atomic mass is 79.9. The second kappa shape index (κ2) is 5.92. The van der Waals surface area contributed by atoms with Crippen LogP contribution in [0.25, 0.3) is 0 Å². The minimum atomic E-state index is -0.781. The van der Waals surface area contributed by atoms with Gasteiger partial charge in [0.25, 0.3) is 5.91 Å². The van der Waals surface area contributed by atoms with Crippen LogP contribution in [0.3, 0.4) is 0 Å². The van der Waals surface area contributed by atoms with Crippen LogP contribution in [0.15, 0.2) is 22.7 Å². The second-order valence-electron chi connectivity index (χ2n) is 4.53. The Kier molecular flexibility index (Phi) is 4.47. The summed E-state index contributed by atoms with van der Waals surface area (Å²) >= 11 is 9.23. The molecule has 0 aromatic heterocycles. The molecule has 102 valence electrons. The van der Waals surface area contributed by atoms with E-state index in [1.54, 1.807) is 23.1 Å². The number of piperidine rings is 1. The van der Waals surface area contributed by atoms with E-state index in [0.717, 1.165) is 0 Å². The van der Waals surface area contributed by atoms with Gasteiger partial charge in [-0.1, -0.05) is 11.6 Å². The van der Waals surface area contributed by atoms with Crippen LogP contribution >= 0.6 is 27.5 Å². The van der Waals surface area contributed by atoms with Crippen LogP contribution in [-0.4, -0.2) is 35.0 Å². The summed E-state index contributed by atoms with van der Waals surface area (Å²) in [5.41, 5.74) is 0.515. The zero-order chi connectivity index (χ0) is 14.0. The lowest BCUT2D eigenvalue weighted by Crippen LogP contribution is -2.40. The highest BCUT2D eigenvalue weighted by molar-refractivity contribution is 9.10. The lowest BCUT2D eigenvalue weighted by atomic mass is 9.96. The Morgan fingerprint density at radius 2 is 1.95 bits per heavy atom. The van der Waals surface area contributed by atoms with Crippen molar-refractivity contribution in [3.63, 3.8) is 0 Å². The van der Waals surface area contributed by atoms with Gasteiger partial charge in [-0.05, 0) is 47.0 Å². The lowest BCUT2D eigenvalue weighted by Gasteiger charge is -2.30. The van der Waals surface area contributed by atoms with E-state index in [1.165, 1.54) is 0 Å². The Bertz CT molecular complexity index is 513. The van der Waals surface area contributed by atoms with Crippen molar-refractivity contribution in [3.8, 4) is 0 Å². The zero-order valence-corrected chi connectivity index (χ0v) is 12.4. The minimum absolute atomic E-state index is 0.113. The van der Waals surface area contributed by atoms with Gasteiger partial charge in [0.1, 0.15) is 0 Å². The summed E-state index contributed by atoms with van der Waals surface area (Å²) in [4.78, 5) is 24.9. The molecule has 0 bridgehead atoms. The van der Waals surface area contributed by atoms with E-state index in [2.05, 4.69) is 15.9 Å². The fourth-order valence-corrected chi connectivity index (χ4v) is 2.75. The smallest absolute Gasteiger partial charge is 0.306 e. The number of carbonyl (C=O) groups is 2. The average Bonchev–Trinajstić information content (AvgIpc) is 2.41. The molecule has 1 aliphatic rings. The van der Waals surface area contributed by atoms with Crippen LogP contribution in [0.1, 0.15) is 23.2 Å². The second-order valence-corrected chi connectivity index (χ2v) is 5.82. The van der Waals surface area contributed by atoms with Gasteiger partial charge in [-0.15, -0.1) is 0 Å². The van der Waals surface area contributed by atoms with Crippen LogP contribution < -0.4 is 0 Å². The zero-order valence-electron chi connectivity index (χ0n) is 10.1. The van der Waals surface area contributed by atoms with E-state index in [9.17, 15) is 9.59 Å². The predicted octanol–water partition coefficient (Wildman–Crippen LogP) is 3.04. The maximum Gasteiger partial charge on any atom is 0.306 e. The van der Waals surface area contributed by atoms with Crippen molar-refractivity contribution in [3.05, 3.63) is 33.3 Å². The number of hydrogen-bond donors (Lipinski definition) is 1. The van der Waals surface area contributed by atoms with Crippen LogP contribution in [0.2, 0.25) is 5.02 Å². The molecule has 19 heavy (non-hydrogen) atoms. The van der Waals surface area contributed by atoms with E-state index < -0.39 is 5.97 Å². The van der Waals surface area contributed by atoms with Crippen molar-refractivity contribution in [2.24, 2.45) is 5.92 Å². The van der Waals surface area contributed by atoms with Crippen molar-refractivity contribution in [2.45, 2.75) is 12.8 Å². The first-order chi connectivity index (χ1) is 8.99. The molecule has 1 N–H and O–H groups in total. The molecule has 1 aliphatic heterocycles. The molecule has 1 amide bonds. The fourth-order valence-electron chi connectivity index (χ4n) is 2.16. The fraction of sp³-hybridized carbons (Fsp3) is 0.385. The molecule has 6 heteroatoms. The van der Waals surface area contributed by atoms with Gasteiger partial charge >= 0.3 is 5.97 Å². The van der Waals surface area contributed by atoms with Crippen molar-refractivity contribution < 1.29 is 14.7 Å². The van der Waals surface area contributed by atoms with Crippen molar-refractivity contribution >= 4 is 39.4 Å². The quantitative estimate of drug-likeness (QED) is 0.895. The number of benzene rings is 1. The Morgan fingerprint density at radius 1 is 1.32 bits per heavy atom. The van der Waals surface area contributed by atoms with Crippen molar-refractivity contribution in [1.82, 2.24) is 4.90 Å². The topological polar surface area (TPSA) is 57.6 Å². The van der Waals surface area contributed by atoms with E-state index in [0.29, 0.717) is 41.0 Å². The van der Waals surface area contributed by atoms with Gasteiger partial charge in [-0.2, -0.15) is 0 Å². The SMILES string of the molecule is O=C(O)C1CCN(C(=O)c2cc(Cl)ccc2Br)CC1. The maximum atomic E-state index is 12.3. The van der Waals surface area contributed by atoms with Crippen LogP contribution in [0, 0.1) is 5.92 Å². The number of amides is 1. The molecule has 0 aliphatic carbocycles. The van der Waals surface area contributed by atoms with Crippen molar-refractivity contribution in [2.75, 3.05) is 13.1 Å². The summed E-state index contributed by atoms with van der Waals surface area (Å²) in [6, 6.07) is 5.07. The molecule has 0 atom stereocenters. The molecular weight excluding hydrogens is 334 g/mol. The third kappa shape index (κ3) is 3.28. The molecule has 0 unspecified atom stereocenters. The molecule has 4 nitrogen and oxygen atoms in total. The van der Waals surface area contributed by atoms with Gasteiger partial charge in [0.05, 0.1) is 11.5 Å². The Labute approximate surface area is 124 Å². The standard InChI is InChI=1S/C13H13BrClNO3/c14-11-2-1-9(15)7-10(11)12(17)16-5-3-8(4-6-16)13(18)19/h1-2,7-8H,3-6H2,(H,18,19). The molecule has 1 heterocycles. The number of carboxylic acid groups (broad SMARTS) is 1. The summed E-state index contributed by atoms with van der Waals surface area (Å²) in [6.45, 7) is 0.934. The number of hydrogen-bond acceptors (Lipinski definition) is 2. The molecule has 0 spiro atoms. The third-order valence-electron chi connectivity index (χ3n) is 3.29. The molecule has 0 saturated carbocycles. The first-order valence-electron chi connectivity index (χ1n) is 5.96. The Balaban J connectivity index is 2.09. The van der Waals surface area contributed by atoms with Gasteiger partial charge in [-0.25, -0.2) is 0 Å². The predicted molar refractivity (Wildman–Crippen MR) is 75.4 cm³/mol. The molecule has 1 aromatic rings. The molecule has 1 saturated heterocycles. The van der Waals surface area contributed by atoms with Crippen LogP contribution in [0.5, 0.6) is 0 Å². The van der Waals surface area contributed by atoms with Gasteiger partial charge in [0.2, 0.25) is 0 Å². The molecule has 0 radical (unpaired) electrons. The van der Waals surface area contributed by atoms with E-state index in [1.807, 2.05) is 0 Å². The summed E-state index contributed by atoms with van der Waals surface area (Å²) < 4.78 is 0.697. The summed E-state index contributed by atoms with van der Waals surface area (Å²) in [5, 5.41) is 9.44. The molecular formula is C13H13BrClNO3. The first-order valence-corrected chi connectivity index (χ1v) is 7.13. The average molecular weight is 347 g/mol. The van der Waals surface area contributed by atoms with Crippen LogP contribution in [0.4, 0.5) is 0 Å². The Hall–Kier alpha value is -1.07. The summed E-state index contributed by atoms with van der Waals surface area (Å²) in [6.07, 6.45) is 0.999. The first kappa shape index (κ1) is 14.3. The number of halogens is 2. The highest BCUT2D eigenvalue weighted by Crippen LogP contribution is 2.25. The van der Waals surface area contributed by atoms with E-state index in [4.69, 9.17) is 16.7 Å². The number of likely N-dealkylation sites (tertiary alicyclic amines) is 1. The van der Waals surface area contributed by atoms with Crippen molar-refractivity contribution in [1.29, 1.82) is 0 Å². The Morgan fingerprint density at radius 3 is 2.53 bits per heavy atom. The third-order valence-corrected chi connectivity index (χ3v) is 4.22. The largest absolute Gasteiger partial charge is 0.481 e. The number of rotatable bonds is 2. The summed E-state index contributed by atoms with van der Waals surface area (Å²) in [5.74, 6) is -1.24. The number of carbonyl (C=O) groups excluding carboxylic acids is 1. The van der Waals surface area contributed by atoms with Crippen LogP contribution in [-0.2, 0) is 4.79 Å². The van der Waals surface area contributed by atoms with Gasteiger partial charge in [-0.3, -0.25) is 9.59 Å². The summed E-state index contributed by atoms with van der Waals surface area (Å²) in [7, 11) is 0. The normalized spacial score (nSPS) is 16.4.